The molecule has 0 aliphatic carbocycles. The first kappa shape index (κ1) is 15.0. The molecule has 5 heteroatoms. The molecule has 1 unspecified atom stereocenters. The number of carbonyl (C=O) groups is 1. The van der Waals surface area contributed by atoms with Crippen LogP contribution in [0.15, 0.2) is 24.3 Å². The zero-order chi connectivity index (χ0) is 15.5. The third-order valence-electron chi connectivity index (χ3n) is 4.69. The van der Waals surface area contributed by atoms with E-state index < -0.39 is 0 Å². The van der Waals surface area contributed by atoms with Gasteiger partial charge in [-0.3, -0.25) is 9.69 Å². The Balaban J connectivity index is 1.67. The quantitative estimate of drug-likeness (QED) is 0.896. The average Bonchev–Trinajstić information content (AvgIpc) is 2.57. The van der Waals surface area contributed by atoms with E-state index >= 15 is 0 Å². The second-order valence-corrected chi connectivity index (χ2v) is 6.18. The van der Waals surface area contributed by atoms with Crippen molar-refractivity contribution in [2.24, 2.45) is 0 Å². The molecule has 1 aromatic rings. The largest absolute Gasteiger partial charge is 0.339 e. The summed E-state index contributed by atoms with van der Waals surface area (Å²) in [7, 11) is 0. The lowest BCUT2D eigenvalue weighted by Crippen LogP contribution is -2.64. The molecule has 2 atom stereocenters. The molecule has 2 aliphatic rings. The molecule has 2 fully saturated rings. The summed E-state index contributed by atoms with van der Waals surface area (Å²) >= 11 is 0. The maximum Gasteiger partial charge on any atom is 0.241 e. The van der Waals surface area contributed by atoms with Crippen LogP contribution >= 0.6 is 0 Å². The highest BCUT2D eigenvalue weighted by atomic mass is 16.2. The van der Waals surface area contributed by atoms with Crippen LogP contribution in [0, 0.1) is 11.3 Å². The summed E-state index contributed by atoms with van der Waals surface area (Å²) in [5, 5.41) is 12.3. The minimum atomic E-state index is 0.000132. The second kappa shape index (κ2) is 6.47. The Morgan fingerprint density at radius 1 is 1.41 bits per heavy atom. The van der Waals surface area contributed by atoms with E-state index in [2.05, 4.69) is 23.2 Å². The SMILES string of the molecule is CC(CN1CCN2CCNC[C@@H]2C1=O)c1cccc(C#N)c1. The van der Waals surface area contributed by atoms with Gasteiger partial charge >= 0.3 is 0 Å². The van der Waals surface area contributed by atoms with Crippen molar-refractivity contribution < 1.29 is 4.79 Å². The molecule has 1 aromatic carbocycles. The number of hydrogen-bond acceptors (Lipinski definition) is 4. The highest BCUT2D eigenvalue weighted by Crippen LogP contribution is 2.21. The Labute approximate surface area is 131 Å². The molecule has 3 rings (SSSR count). The maximum absolute atomic E-state index is 12.6. The van der Waals surface area contributed by atoms with Crippen LogP contribution in [0.3, 0.4) is 0 Å². The predicted molar refractivity (Wildman–Crippen MR) is 84.4 cm³/mol. The molecule has 1 N–H and O–H groups in total. The van der Waals surface area contributed by atoms with Crippen LogP contribution in [0.2, 0.25) is 0 Å². The fraction of sp³-hybridized carbons (Fsp3) is 0.529. The van der Waals surface area contributed by atoms with E-state index in [1.54, 1.807) is 0 Å². The molecule has 0 bridgehead atoms. The number of carbonyl (C=O) groups excluding carboxylic acids is 1. The summed E-state index contributed by atoms with van der Waals surface area (Å²) in [6.07, 6.45) is 0. The lowest BCUT2D eigenvalue weighted by Gasteiger charge is -2.43. The molecule has 2 saturated heterocycles. The molecule has 0 aromatic heterocycles. The van der Waals surface area contributed by atoms with E-state index in [0.29, 0.717) is 5.56 Å². The summed E-state index contributed by atoms with van der Waals surface area (Å²) in [5.74, 6) is 0.474. The van der Waals surface area contributed by atoms with Crippen LogP contribution < -0.4 is 5.32 Å². The van der Waals surface area contributed by atoms with E-state index in [1.165, 1.54) is 0 Å². The fourth-order valence-corrected chi connectivity index (χ4v) is 3.36. The number of hydrogen-bond donors (Lipinski definition) is 1. The molecule has 0 spiro atoms. The summed E-state index contributed by atoms with van der Waals surface area (Å²) in [6.45, 7) is 7.30. The van der Waals surface area contributed by atoms with Gasteiger partial charge in [0.1, 0.15) is 6.04 Å². The zero-order valence-corrected chi connectivity index (χ0v) is 13.0. The van der Waals surface area contributed by atoms with Crippen molar-refractivity contribution in [1.29, 1.82) is 5.26 Å². The van der Waals surface area contributed by atoms with Gasteiger partial charge in [0.2, 0.25) is 5.91 Å². The van der Waals surface area contributed by atoms with Crippen LogP contribution in [0.25, 0.3) is 0 Å². The van der Waals surface area contributed by atoms with Crippen LogP contribution in [-0.4, -0.2) is 61.0 Å². The Morgan fingerprint density at radius 2 is 2.27 bits per heavy atom. The number of nitrogens with zero attached hydrogens (tertiary/aromatic N) is 3. The minimum absolute atomic E-state index is 0.000132. The van der Waals surface area contributed by atoms with Gasteiger partial charge in [0.15, 0.2) is 0 Å². The average molecular weight is 298 g/mol. The monoisotopic (exact) mass is 298 g/mol. The van der Waals surface area contributed by atoms with Crippen LogP contribution in [-0.2, 0) is 4.79 Å². The lowest BCUT2D eigenvalue weighted by molar-refractivity contribution is -0.142. The lowest BCUT2D eigenvalue weighted by atomic mass is 9.97. The summed E-state index contributed by atoms with van der Waals surface area (Å²) in [4.78, 5) is 16.9. The van der Waals surface area contributed by atoms with Gasteiger partial charge in [-0.25, -0.2) is 0 Å². The molecule has 5 nitrogen and oxygen atoms in total. The van der Waals surface area contributed by atoms with Gasteiger partial charge in [0.25, 0.3) is 0 Å². The molecule has 0 saturated carbocycles. The molecule has 116 valence electrons. The van der Waals surface area contributed by atoms with Gasteiger partial charge in [-0.15, -0.1) is 0 Å². The van der Waals surface area contributed by atoms with Crippen molar-refractivity contribution in [1.82, 2.24) is 15.1 Å². The third kappa shape index (κ3) is 2.99. The van der Waals surface area contributed by atoms with Crippen LogP contribution in [0.4, 0.5) is 0 Å². The van der Waals surface area contributed by atoms with E-state index in [4.69, 9.17) is 5.26 Å². The maximum atomic E-state index is 12.6. The van der Waals surface area contributed by atoms with Crippen molar-refractivity contribution in [3.63, 3.8) is 0 Å². The molecular weight excluding hydrogens is 276 g/mol. The number of nitrogens with one attached hydrogen (secondary N) is 1. The number of amides is 1. The molecule has 0 radical (unpaired) electrons. The van der Waals surface area contributed by atoms with Crippen LogP contribution in [0.5, 0.6) is 0 Å². The van der Waals surface area contributed by atoms with E-state index in [9.17, 15) is 4.79 Å². The van der Waals surface area contributed by atoms with Crippen molar-refractivity contribution in [3.05, 3.63) is 35.4 Å². The topological polar surface area (TPSA) is 59.4 Å². The standard InChI is InChI=1S/C17H22N4O/c1-13(15-4-2-3-14(9-15)10-18)12-21-8-7-20-6-5-19-11-16(20)17(21)22/h2-4,9,13,16,19H,5-8,11-12H2,1H3/t13?,16-/m1/s1. The second-order valence-electron chi connectivity index (χ2n) is 6.18. The first-order valence-corrected chi connectivity index (χ1v) is 7.92. The highest BCUT2D eigenvalue weighted by Gasteiger charge is 2.36. The number of nitriles is 1. The van der Waals surface area contributed by atoms with Gasteiger partial charge in [0.05, 0.1) is 11.6 Å². The first-order valence-electron chi connectivity index (χ1n) is 7.92. The zero-order valence-electron chi connectivity index (χ0n) is 13.0. The third-order valence-corrected chi connectivity index (χ3v) is 4.69. The summed E-state index contributed by atoms with van der Waals surface area (Å²) < 4.78 is 0. The van der Waals surface area contributed by atoms with Gasteiger partial charge in [0, 0.05) is 39.3 Å². The molecule has 22 heavy (non-hydrogen) atoms. The van der Waals surface area contributed by atoms with Gasteiger partial charge in [-0.05, 0) is 23.6 Å². The number of piperazine rings is 2. The van der Waals surface area contributed by atoms with E-state index in [-0.39, 0.29) is 17.9 Å². The Hall–Kier alpha value is -1.90. The van der Waals surface area contributed by atoms with Crippen LogP contribution in [0.1, 0.15) is 24.0 Å². The van der Waals surface area contributed by atoms with Gasteiger partial charge in [-0.2, -0.15) is 5.26 Å². The van der Waals surface area contributed by atoms with Crippen molar-refractivity contribution >= 4 is 5.91 Å². The van der Waals surface area contributed by atoms with Crippen molar-refractivity contribution in [2.45, 2.75) is 18.9 Å². The summed E-state index contributed by atoms with van der Waals surface area (Å²) in [5.41, 5.74) is 1.80. The van der Waals surface area contributed by atoms with E-state index in [1.807, 2.05) is 29.2 Å². The smallest absolute Gasteiger partial charge is 0.241 e. The Kier molecular flexibility index (Phi) is 4.41. The fourth-order valence-electron chi connectivity index (χ4n) is 3.36. The molecular formula is C17H22N4O. The van der Waals surface area contributed by atoms with Crippen molar-refractivity contribution in [3.8, 4) is 6.07 Å². The minimum Gasteiger partial charge on any atom is -0.339 e. The van der Waals surface area contributed by atoms with E-state index in [0.717, 1.165) is 44.8 Å². The predicted octanol–water partition coefficient (Wildman–Crippen LogP) is 0.778. The normalized spacial score (nSPS) is 23.7. The highest BCUT2D eigenvalue weighted by molar-refractivity contribution is 5.83. The molecule has 2 heterocycles. The number of benzene rings is 1. The molecule has 2 aliphatic heterocycles. The first-order chi connectivity index (χ1) is 10.7. The summed E-state index contributed by atoms with van der Waals surface area (Å²) in [6, 6.07) is 9.86. The Morgan fingerprint density at radius 3 is 3.09 bits per heavy atom. The Bertz CT molecular complexity index is 595. The number of rotatable bonds is 3. The van der Waals surface area contributed by atoms with Gasteiger partial charge < -0.3 is 10.2 Å². The van der Waals surface area contributed by atoms with Crippen molar-refractivity contribution in [2.75, 3.05) is 39.3 Å². The molecule has 1 amide bonds. The number of fused-ring (bicyclic) bond motifs is 1. The van der Waals surface area contributed by atoms with Gasteiger partial charge in [-0.1, -0.05) is 19.1 Å².